The van der Waals surface area contributed by atoms with Crippen molar-refractivity contribution in [3.63, 3.8) is 0 Å². The first-order valence-corrected chi connectivity index (χ1v) is 13.0. The maximum absolute atomic E-state index is 13.4. The summed E-state index contributed by atoms with van der Waals surface area (Å²) in [6.45, 7) is 3.74. The van der Waals surface area contributed by atoms with Crippen LogP contribution in [-0.2, 0) is 22.4 Å². The van der Waals surface area contributed by atoms with Crippen molar-refractivity contribution in [2.45, 2.75) is 39.5 Å². The fourth-order valence-electron chi connectivity index (χ4n) is 4.84. The molecule has 0 radical (unpaired) electrons. The van der Waals surface area contributed by atoms with Crippen LogP contribution in [0.25, 0.3) is 11.1 Å². The van der Waals surface area contributed by atoms with Crippen LogP contribution in [0.2, 0.25) is 5.02 Å². The van der Waals surface area contributed by atoms with Gasteiger partial charge in [-0.05, 0) is 93.2 Å². The van der Waals surface area contributed by atoms with Crippen LogP contribution in [0.4, 0.5) is 5.69 Å². The molecule has 1 aliphatic heterocycles. The molecule has 0 unspecified atom stereocenters. The lowest BCUT2D eigenvalue weighted by molar-refractivity contribution is -0.122. The van der Waals surface area contributed by atoms with Gasteiger partial charge in [0.25, 0.3) is 11.8 Å². The number of aromatic nitrogens is 1. The van der Waals surface area contributed by atoms with Crippen molar-refractivity contribution in [2.75, 3.05) is 4.90 Å². The number of amides is 2. The van der Waals surface area contributed by atoms with Crippen molar-refractivity contribution in [3.05, 3.63) is 73.9 Å². The number of carbonyl (C=O) groups is 3. The smallest absolute Gasteiger partial charge is 0.339 e. The van der Waals surface area contributed by atoms with E-state index in [1.807, 2.05) is 24.5 Å². The molecule has 36 heavy (non-hydrogen) atoms. The number of carboxylic acids is 1. The minimum atomic E-state index is -0.940. The van der Waals surface area contributed by atoms with Gasteiger partial charge < -0.3 is 9.67 Å². The van der Waals surface area contributed by atoms with E-state index in [4.69, 9.17) is 23.8 Å². The van der Waals surface area contributed by atoms with Crippen LogP contribution in [-0.4, -0.2) is 32.6 Å². The minimum Gasteiger partial charge on any atom is -0.478 e. The topological polar surface area (TPSA) is 91.6 Å². The number of benzene rings is 1. The van der Waals surface area contributed by atoms with Crippen LogP contribution >= 0.6 is 35.2 Å². The molecule has 3 aromatic rings. The monoisotopic (exact) mass is 539 g/mol. The van der Waals surface area contributed by atoms with E-state index in [0.717, 1.165) is 47.5 Å². The maximum atomic E-state index is 13.4. The van der Waals surface area contributed by atoms with E-state index >= 15 is 0 Å². The standard InChI is InChI=1S/C26H22ClN3O4S2/c1-13-10-15(14(2)29(13)24-21(25(33)34)18-8-3-4-9-20(18)36-24)11-19-22(31)28-26(35)30(23(19)32)17-7-5-6-16(27)12-17/h5-7,10-12H,3-4,8-9H2,1-2H3,(H,33,34)(H,28,31,35)/b19-11+. The highest BCUT2D eigenvalue weighted by molar-refractivity contribution is 7.80. The number of hydrogen-bond acceptors (Lipinski definition) is 5. The summed E-state index contributed by atoms with van der Waals surface area (Å²) in [7, 11) is 0. The Kier molecular flexibility index (Phi) is 6.32. The number of rotatable bonds is 4. The molecule has 2 aliphatic rings. The molecule has 184 valence electrons. The molecule has 10 heteroatoms. The normalized spacial score (nSPS) is 16.9. The molecule has 0 saturated carbocycles. The highest BCUT2D eigenvalue weighted by Gasteiger charge is 2.35. The van der Waals surface area contributed by atoms with E-state index in [1.165, 1.54) is 22.3 Å². The summed E-state index contributed by atoms with van der Waals surface area (Å²) in [5.74, 6) is -2.09. The van der Waals surface area contributed by atoms with Gasteiger partial charge in [-0.15, -0.1) is 11.3 Å². The van der Waals surface area contributed by atoms with Gasteiger partial charge >= 0.3 is 5.97 Å². The molecule has 3 heterocycles. The van der Waals surface area contributed by atoms with Crippen LogP contribution in [0.1, 0.15) is 50.6 Å². The summed E-state index contributed by atoms with van der Waals surface area (Å²) in [6.07, 6.45) is 5.20. The second-order valence-corrected chi connectivity index (χ2v) is 10.7. The molecule has 0 bridgehead atoms. The number of halogens is 1. The molecule has 1 aromatic carbocycles. The van der Waals surface area contributed by atoms with Gasteiger partial charge in [0.2, 0.25) is 0 Å². The fraction of sp³-hybridized carbons (Fsp3) is 0.231. The minimum absolute atomic E-state index is 0.0230. The van der Waals surface area contributed by atoms with Gasteiger partial charge in [-0.3, -0.25) is 19.8 Å². The zero-order valence-electron chi connectivity index (χ0n) is 19.6. The van der Waals surface area contributed by atoms with Gasteiger partial charge in [-0.2, -0.15) is 0 Å². The van der Waals surface area contributed by atoms with Crippen LogP contribution in [0.15, 0.2) is 35.9 Å². The van der Waals surface area contributed by atoms with Crippen molar-refractivity contribution >= 4 is 69.8 Å². The SMILES string of the molecule is Cc1cc(/C=C2\C(=O)NC(=S)N(c3cccc(Cl)c3)C2=O)c(C)n1-c1sc2c(c1C(=O)O)CCCC2. The quantitative estimate of drug-likeness (QED) is 0.269. The highest BCUT2D eigenvalue weighted by Crippen LogP contribution is 2.39. The largest absolute Gasteiger partial charge is 0.478 e. The third kappa shape index (κ3) is 4.07. The summed E-state index contributed by atoms with van der Waals surface area (Å²) >= 11 is 12.9. The lowest BCUT2D eigenvalue weighted by Crippen LogP contribution is -2.54. The number of aryl methyl sites for hydroxylation is 2. The summed E-state index contributed by atoms with van der Waals surface area (Å²) in [6, 6.07) is 8.51. The van der Waals surface area contributed by atoms with Crippen molar-refractivity contribution in [3.8, 4) is 5.00 Å². The van der Waals surface area contributed by atoms with E-state index in [9.17, 15) is 19.5 Å². The number of hydrogen-bond donors (Lipinski definition) is 2. The molecule has 0 atom stereocenters. The number of aromatic carboxylic acids is 1. The Morgan fingerprint density at radius 1 is 1.19 bits per heavy atom. The van der Waals surface area contributed by atoms with E-state index in [2.05, 4.69) is 5.32 Å². The first-order valence-electron chi connectivity index (χ1n) is 11.4. The van der Waals surface area contributed by atoms with Gasteiger partial charge in [0.1, 0.15) is 10.6 Å². The number of fused-ring (bicyclic) bond motifs is 1. The van der Waals surface area contributed by atoms with Crippen LogP contribution < -0.4 is 10.2 Å². The third-order valence-corrected chi connectivity index (χ3v) is 8.30. The van der Waals surface area contributed by atoms with E-state index in [0.29, 0.717) is 26.8 Å². The first kappa shape index (κ1) is 24.4. The number of thiophene rings is 1. The van der Waals surface area contributed by atoms with Crippen molar-refractivity contribution in [2.24, 2.45) is 0 Å². The lowest BCUT2D eigenvalue weighted by Gasteiger charge is -2.29. The summed E-state index contributed by atoms with van der Waals surface area (Å²) in [5, 5.41) is 13.7. The van der Waals surface area contributed by atoms with E-state index in [1.54, 1.807) is 24.3 Å². The van der Waals surface area contributed by atoms with Crippen LogP contribution in [0.5, 0.6) is 0 Å². The zero-order chi connectivity index (χ0) is 25.7. The van der Waals surface area contributed by atoms with Gasteiger partial charge in [-0.25, -0.2) is 4.79 Å². The maximum Gasteiger partial charge on any atom is 0.339 e. The van der Waals surface area contributed by atoms with Crippen LogP contribution in [0, 0.1) is 13.8 Å². The van der Waals surface area contributed by atoms with Gasteiger partial charge in [0, 0.05) is 21.3 Å². The average Bonchev–Trinajstić information content (AvgIpc) is 3.32. The summed E-state index contributed by atoms with van der Waals surface area (Å²) < 4.78 is 1.91. The molecule has 7 nitrogen and oxygen atoms in total. The predicted octanol–water partition coefficient (Wildman–Crippen LogP) is 5.22. The molecular formula is C26H22ClN3O4S2. The predicted molar refractivity (Wildman–Crippen MR) is 144 cm³/mol. The van der Waals surface area contributed by atoms with Gasteiger partial charge in [0.05, 0.1) is 11.3 Å². The summed E-state index contributed by atoms with van der Waals surface area (Å²) in [4.78, 5) is 40.8. The third-order valence-electron chi connectivity index (χ3n) is 6.51. The number of anilines is 1. The molecule has 2 amide bonds. The fourth-order valence-corrected chi connectivity index (χ4v) is 6.80. The molecule has 2 N–H and O–H groups in total. The molecule has 1 saturated heterocycles. The van der Waals surface area contributed by atoms with Gasteiger partial charge in [0.15, 0.2) is 5.11 Å². The Labute approximate surface area is 222 Å². The molecule has 5 rings (SSSR count). The highest BCUT2D eigenvalue weighted by atomic mass is 35.5. The number of nitrogens with one attached hydrogen (secondary N) is 1. The zero-order valence-corrected chi connectivity index (χ0v) is 21.9. The van der Waals surface area contributed by atoms with E-state index in [-0.39, 0.29) is 10.7 Å². The average molecular weight is 540 g/mol. The Bertz CT molecular complexity index is 1500. The number of thiocarbonyl (C=S) groups is 1. The Balaban J connectivity index is 1.59. The Morgan fingerprint density at radius 3 is 2.67 bits per heavy atom. The second-order valence-electron chi connectivity index (χ2n) is 8.80. The Morgan fingerprint density at radius 2 is 1.94 bits per heavy atom. The molecular weight excluding hydrogens is 518 g/mol. The van der Waals surface area contributed by atoms with Crippen LogP contribution in [0.3, 0.4) is 0 Å². The first-order chi connectivity index (χ1) is 17.2. The van der Waals surface area contributed by atoms with Gasteiger partial charge in [-0.1, -0.05) is 17.7 Å². The van der Waals surface area contributed by atoms with E-state index < -0.39 is 17.8 Å². The van der Waals surface area contributed by atoms with Crippen molar-refractivity contribution < 1.29 is 19.5 Å². The summed E-state index contributed by atoms with van der Waals surface area (Å²) in [5.41, 5.74) is 3.84. The number of carbonyl (C=O) groups excluding carboxylic acids is 2. The molecule has 2 aromatic heterocycles. The number of nitrogens with zero attached hydrogens (tertiary/aromatic N) is 2. The Hall–Kier alpha value is -3.27. The van der Waals surface area contributed by atoms with Crippen molar-refractivity contribution in [1.82, 2.24) is 9.88 Å². The molecule has 1 aliphatic carbocycles. The van der Waals surface area contributed by atoms with Crippen molar-refractivity contribution in [1.29, 1.82) is 0 Å². The second kappa shape index (κ2) is 9.31. The molecule has 0 spiro atoms. The lowest BCUT2D eigenvalue weighted by atomic mass is 9.95. The molecule has 1 fully saturated rings. The number of carboxylic acid groups (broad SMARTS) is 1.